The largest absolute Gasteiger partial charge is 0.387 e. The van der Waals surface area contributed by atoms with E-state index in [0.29, 0.717) is 5.02 Å². The first kappa shape index (κ1) is 12.0. The Kier molecular flexibility index (Phi) is 3.62. The Hall–Kier alpha value is -0.0500. The molecule has 0 saturated carbocycles. The van der Waals surface area contributed by atoms with Crippen molar-refractivity contribution in [2.45, 2.75) is 33.8 Å². The molecule has 0 aliphatic heterocycles. The Morgan fingerprint density at radius 2 is 2.00 bits per heavy atom. The number of aliphatic hydroxyl groups excluding tert-OH is 1. The summed E-state index contributed by atoms with van der Waals surface area (Å²) in [5.41, 5.74) is 0.0900. The lowest BCUT2D eigenvalue weighted by atomic mass is 9.78. The molecule has 0 aliphatic carbocycles. The first-order chi connectivity index (χ1) is 6.34. The first-order valence-corrected chi connectivity index (χ1v) is 6.00. The van der Waals surface area contributed by atoms with Crippen molar-refractivity contribution in [2.24, 2.45) is 11.3 Å². The molecule has 80 valence electrons. The van der Waals surface area contributed by atoms with E-state index in [0.717, 1.165) is 4.88 Å². The quantitative estimate of drug-likeness (QED) is 0.814. The van der Waals surface area contributed by atoms with Gasteiger partial charge in [-0.3, -0.25) is 0 Å². The standard InChI is InChI=1S/C11H17ClOS/c1-7(11(2,3)4)9(13)10-8(12)5-6-14-10/h5-7,9,13H,1-4H3. The maximum absolute atomic E-state index is 10.1. The molecule has 1 aromatic heterocycles. The van der Waals surface area contributed by atoms with E-state index in [4.69, 9.17) is 11.6 Å². The van der Waals surface area contributed by atoms with Gasteiger partial charge in [-0.15, -0.1) is 11.3 Å². The van der Waals surface area contributed by atoms with Gasteiger partial charge in [0.05, 0.1) is 16.0 Å². The van der Waals surface area contributed by atoms with Gasteiger partial charge < -0.3 is 5.11 Å². The molecule has 2 unspecified atom stereocenters. The first-order valence-electron chi connectivity index (χ1n) is 4.75. The molecular formula is C11H17ClOS. The van der Waals surface area contributed by atoms with Gasteiger partial charge in [0.25, 0.3) is 0 Å². The predicted octanol–water partition coefficient (Wildman–Crippen LogP) is 4.12. The highest BCUT2D eigenvalue weighted by Gasteiger charge is 2.29. The average Bonchev–Trinajstić information content (AvgIpc) is 2.47. The van der Waals surface area contributed by atoms with Crippen LogP contribution in [-0.2, 0) is 0 Å². The molecule has 2 atom stereocenters. The van der Waals surface area contributed by atoms with Crippen LogP contribution in [0.4, 0.5) is 0 Å². The van der Waals surface area contributed by atoms with Crippen molar-refractivity contribution >= 4 is 22.9 Å². The monoisotopic (exact) mass is 232 g/mol. The maximum Gasteiger partial charge on any atom is 0.0927 e. The zero-order valence-corrected chi connectivity index (χ0v) is 10.6. The van der Waals surface area contributed by atoms with Crippen molar-refractivity contribution in [1.82, 2.24) is 0 Å². The van der Waals surface area contributed by atoms with Crippen molar-refractivity contribution in [3.63, 3.8) is 0 Å². The topological polar surface area (TPSA) is 20.2 Å². The van der Waals surface area contributed by atoms with Gasteiger partial charge >= 0.3 is 0 Å². The third kappa shape index (κ3) is 2.50. The smallest absolute Gasteiger partial charge is 0.0927 e. The van der Waals surface area contributed by atoms with Gasteiger partial charge in [0.2, 0.25) is 0 Å². The molecule has 0 radical (unpaired) electrons. The molecule has 1 N–H and O–H groups in total. The van der Waals surface area contributed by atoms with E-state index in [1.54, 1.807) is 0 Å². The highest BCUT2D eigenvalue weighted by atomic mass is 35.5. The number of hydrogen-bond acceptors (Lipinski definition) is 2. The number of aliphatic hydroxyl groups is 1. The molecule has 0 spiro atoms. The van der Waals surface area contributed by atoms with Crippen molar-refractivity contribution in [3.05, 3.63) is 21.3 Å². The van der Waals surface area contributed by atoms with Crippen LogP contribution in [0.15, 0.2) is 11.4 Å². The molecule has 1 rings (SSSR count). The number of hydrogen-bond donors (Lipinski definition) is 1. The van der Waals surface area contributed by atoms with E-state index in [-0.39, 0.29) is 11.3 Å². The lowest BCUT2D eigenvalue weighted by Crippen LogP contribution is -2.23. The zero-order valence-electron chi connectivity index (χ0n) is 9.04. The summed E-state index contributed by atoms with van der Waals surface area (Å²) in [4.78, 5) is 0.883. The van der Waals surface area contributed by atoms with Crippen LogP contribution < -0.4 is 0 Å². The molecule has 1 heterocycles. The van der Waals surface area contributed by atoms with Crippen LogP contribution >= 0.6 is 22.9 Å². The second-order valence-corrected chi connectivity index (χ2v) is 6.09. The van der Waals surface area contributed by atoms with Crippen LogP contribution in [0.2, 0.25) is 5.02 Å². The molecular weight excluding hydrogens is 216 g/mol. The maximum atomic E-state index is 10.1. The molecule has 0 fully saturated rings. The lowest BCUT2D eigenvalue weighted by molar-refractivity contribution is 0.0562. The zero-order chi connectivity index (χ0) is 10.9. The summed E-state index contributed by atoms with van der Waals surface area (Å²) in [5, 5.41) is 12.7. The van der Waals surface area contributed by atoms with Crippen LogP contribution in [0.1, 0.15) is 38.7 Å². The molecule has 0 aliphatic rings. The Morgan fingerprint density at radius 1 is 1.43 bits per heavy atom. The fourth-order valence-corrected chi connectivity index (χ4v) is 2.48. The average molecular weight is 233 g/mol. The van der Waals surface area contributed by atoms with Crippen LogP contribution in [-0.4, -0.2) is 5.11 Å². The van der Waals surface area contributed by atoms with Gasteiger partial charge in [0.1, 0.15) is 0 Å². The van der Waals surface area contributed by atoms with E-state index in [2.05, 4.69) is 27.7 Å². The van der Waals surface area contributed by atoms with Crippen molar-refractivity contribution in [2.75, 3.05) is 0 Å². The third-order valence-electron chi connectivity index (χ3n) is 2.75. The van der Waals surface area contributed by atoms with Gasteiger partial charge in [0.15, 0.2) is 0 Å². The lowest BCUT2D eigenvalue weighted by Gasteiger charge is -2.31. The minimum absolute atomic E-state index is 0.0900. The van der Waals surface area contributed by atoms with Gasteiger partial charge in [0, 0.05) is 0 Å². The summed E-state index contributed by atoms with van der Waals surface area (Å²) in [5.74, 6) is 0.193. The second kappa shape index (κ2) is 4.21. The molecule has 1 nitrogen and oxygen atoms in total. The summed E-state index contributed by atoms with van der Waals surface area (Å²) in [7, 11) is 0. The molecule has 0 amide bonds. The second-order valence-electron chi connectivity index (χ2n) is 4.73. The highest BCUT2D eigenvalue weighted by Crippen LogP contribution is 2.40. The fourth-order valence-electron chi connectivity index (χ4n) is 1.22. The van der Waals surface area contributed by atoms with Crippen molar-refractivity contribution in [1.29, 1.82) is 0 Å². The third-order valence-corrected chi connectivity index (χ3v) is 4.18. The van der Waals surface area contributed by atoms with E-state index in [1.165, 1.54) is 11.3 Å². The summed E-state index contributed by atoms with van der Waals surface area (Å²) in [6.07, 6.45) is -0.456. The van der Waals surface area contributed by atoms with Crippen molar-refractivity contribution in [3.8, 4) is 0 Å². The Bertz CT molecular complexity index is 300. The van der Waals surface area contributed by atoms with Crippen LogP contribution in [0.5, 0.6) is 0 Å². The van der Waals surface area contributed by atoms with Gasteiger partial charge in [-0.05, 0) is 22.8 Å². The van der Waals surface area contributed by atoms with E-state index in [9.17, 15) is 5.11 Å². The highest BCUT2D eigenvalue weighted by molar-refractivity contribution is 7.10. The Labute approximate surface area is 94.7 Å². The molecule has 3 heteroatoms. The Balaban J connectivity index is 2.86. The molecule has 14 heavy (non-hydrogen) atoms. The summed E-state index contributed by atoms with van der Waals surface area (Å²) in [6.45, 7) is 8.44. The van der Waals surface area contributed by atoms with Crippen molar-refractivity contribution < 1.29 is 5.11 Å². The van der Waals surface area contributed by atoms with Gasteiger partial charge in [-0.25, -0.2) is 0 Å². The van der Waals surface area contributed by atoms with Crippen LogP contribution in [0, 0.1) is 11.3 Å². The number of rotatable bonds is 2. The van der Waals surface area contributed by atoms with Gasteiger partial charge in [-0.2, -0.15) is 0 Å². The molecule has 0 aromatic carbocycles. The Morgan fingerprint density at radius 3 is 2.36 bits per heavy atom. The number of halogens is 1. The summed E-state index contributed by atoms with van der Waals surface area (Å²) in [6, 6.07) is 1.83. The predicted molar refractivity (Wildman–Crippen MR) is 62.9 cm³/mol. The van der Waals surface area contributed by atoms with E-state index >= 15 is 0 Å². The minimum Gasteiger partial charge on any atom is -0.387 e. The minimum atomic E-state index is -0.456. The van der Waals surface area contributed by atoms with Crippen LogP contribution in [0.25, 0.3) is 0 Å². The molecule has 1 aromatic rings. The van der Waals surface area contributed by atoms with E-state index in [1.807, 2.05) is 11.4 Å². The summed E-state index contributed by atoms with van der Waals surface area (Å²) < 4.78 is 0. The van der Waals surface area contributed by atoms with Gasteiger partial charge in [-0.1, -0.05) is 39.3 Å². The fraction of sp³-hybridized carbons (Fsp3) is 0.636. The number of thiophene rings is 1. The molecule has 0 saturated heterocycles. The summed E-state index contributed by atoms with van der Waals surface area (Å²) >= 11 is 7.50. The molecule has 0 bridgehead atoms. The SMILES string of the molecule is CC(C(O)c1sccc1Cl)C(C)(C)C. The van der Waals surface area contributed by atoms with Crippen LogP contribution in [0.3, 0.4) is 0 Å². The van der Waals surface area contributed by atoms with E-state index < -0.39 is 6.10 Å². The normalized spacial score (nSPS) is 16.7.